The molecule has 2 aromatic rings. The lowest BCUT2D eigenvalue weighted by Gasteiger charge is -2.18. The molecule has 0 amide bonds. The second kappa shape index (κ2) is 5.08. The quantitative estimate of drug-likeness (QED) is 0.927. The normalized spacial score (nSPS) is 15.4. The molecule has 0 radical (unpaired) electrons. The number of nitrogens with two attached hydrogens (primary N) is 1. The van der Waals surface area contributed by atoms with E-state index in [9.17, 15) is 0 Å². The molecule has 2 N–H and O–H groups in total. The van der Waals surface area contributed by atoms with Gasteiger partial charge in [0.25, 0.3) is 0 Å². The van der Waals surface area contributed by atoms with Crippen molar-refractivity contribution in [2.75, 3.05) is 0 Å². The van der Waals surface area contributed by atoms with Gasteiger partial charge < -0.3 is 15.2 Å². The molecular weight excluding hydrogens is 262 g/mol. The first kappa shape index (κ1) is 14.0. The van der Waals surface area contributed by atoms with E-state index in [1.807, 2.05) is 37.3 Å². The third kappa shape index (κ3) is 2.74. The van der Waals surface area contributed by atoms with Crippen LogP contribution in [0.5, 0.6) is 17.2 Å². The second-order valence-corrected chi connectivity index (χ2v) is 6.18. The Morgan fingerprint density at radius 3 is 2.76 bits per heavy atom. The SMILES string of the molecule is Cc1cc(Oc2cccc3c2OC(C)(C)C3)ccc1CN. The largest absolute Gasteiger partial charge is 0.483 e. The fourth-order valence-electron chi connectivity index (χ4n) is 2.76. The van der Waals surface area contributed by atoms with Crippen molar-refractivity contribution in [3.8, 4) is 17.2 Å². The van der Waals surface area contributed by atoms with Crippen LogP contribution >= 0.6 is 0 Å². The molecule has 1 aliphatic heterocycles. The van der Waals surface area contributed by atoms with Crippen molar-refractivity contribution in [3.05, 3.63) is 53.1 Å². The molecule has 0 bridgehead atoms. The van der Waals surface area contributed by atoms with Crippen molar-refractivity contribution in [2.24, 2.45) is 5.73 Å². The fourth-order valence-corrected chi connectivity index (χ4v) is 2.76. The minimum Gasteiger partial charge on any atom is -0.483 e. The van der Waals surface area contributed by atoms with E-state index >= 15 is 0 Å². The van der Waals surface area contributed by atoms with Gasteiger partial charge >= 0.3 is 0 Å². The van der Waals surface area contributed by atoms with Crippen molar-refractivity contribution in [2.45, 2.75) is 39.3 Å². The maximum absolute atomic E-state index is 6.03. The predicted octanol–water partition coefficient (Wildman–Crippen LogP) is 3.96. The van der Waals surface area contributed by atoms with Gasteiger partial charge in [-0.15, -0.1) is 0 Å². The summed E-state index contributed by atoms with van der Waals surface area (Å²) in [6, 6.07) is 12.0. The van der Waals surface area contributed by atoms with Crippen LogP contribution in [0.3, 0.4) is 0 Å². The number of rotatable bonds is 3. The first-order chi connectivity index (χ1) is 9.98. The average Bonchev–Trinajstić information content (AvgIpc) is 2.74. The molecular formula is C18H21NO2. The zero-order chi connectivity index (χ0) is 15.0. The average molecular weight is 283 g/mol. The topological polar surface area (TPSA) is 44.5 Å². The number of hydrogen-bond donors (Lipinski definition) is 1. The van der Waals surface area contributed by atoms with Crippen LogP contribution in [-0.2, 0) is 13.0 Å². The Hall–Kier alpha value is -2.00. The van der Waals surface area contributed by atoms with E-state index in [-0.39, 0.29) is 5.60 Å². The van der Waals surface area contributed by atoms with E-state index in [0.717, 1.165) is 34.8 Å². The Kier molecular flexibility index (Phi) is 3.38. The van der Waals surface area contributed by atoms with Crippen molar-refractivity contribution in [3.63, 3.8) is 0 Å². The van der Waals surface area contributed by atoms with Gasteiger partial charge in [0.15, 0.2) is 11.5 Å². The Bertz CT molecular complexity index is 677. The summed E-state index contributed by atoms with van der Waals surface area (Å²) in [7, 11) is 0. The van der Waals surface area contributed by atoms with Gasteiger partial charge in [0.1, 0.15) is 11.4 Å². The molecule has 3 nitrogen and oxygen atoms in total. The maximum Gasteiger partial charge on any atom is 0.169 e. The zero-order valence-corrected chi connectivity index (χ0v) is 12.8. The highest BCUT2D eigenvalue weighted by molar-refractivity contribution is 5.52. The molecule has 0 saturated heterocycles. The summed E-state index contributed by atoms with van der Waals surface area (Å²) in [5, 5.41) is 0. The highest BCUT2D eigenvalue weighted by Gasteiger charge is 2.32. The molecule has 1 aliphatic rings. The highest BCUT2D eigenvalue weighted by atomic mass is 16.5. The Balaban J connectivity index is 1.90. The maximum atomic E-state index is 6.03. The molecule has 1 heterocycles. The van der Waals surface area contributed by atoms with Crippen LogP contribution in [0.4, 0.5) is 0 Å². The van der Waals surface area contributed by atoms with E-state index in [1.165, 1.54) is 5.56 Å². The van der Waals surface area contributed by atoms with Crippen molar-refractivity contribution < 1.29 is 9.47 Å². The van der Waals surface area contributed by atoms with Crippen LogP contribution in [0.25, 0.3) is 0 Å². The number of hydrogen-bond acceptors (Lipinski definition) is 3. The van der Waals surface area contributed by atoms with E-state index < -0.39 is 0 Å². The summed E-state index contributed by atoms with van der Waals surface area (Å²) in [5.41, 5.74) is 9.01. The van der Waals surface area contributed by atoms with Crippen molar-refractivity contribution in [1.29, 1.82) is 0 Å². The van der Waals surface area contributed by atoms with Crippen LogP contribution in [0.2, 0.25) is 0 Å². The molecule has 2 aromatic carbocycles. The molecule has 110 valence electrons. The minimum absolute atomic E-state index is 0.166. The Labute approximate surface area is 125 Å². The smallest absolute Gasteiger partial charge is 0.169 e. The number of para-hydroxylation sites is 1. The number of aryl methyl sites for hydroxylation is 1. The second-order valence-electron chi connectivity index (χ2n) is 6.18. The molecule has 0 spiro atoms. The van der Waals surface area contributed by atoms with Gasteiger partial charge in [0, 0.05) is 18.5 Å². The lowest BCUT2D eigenvalue weighted by atomic mass is 10.0. The number of fused-ring (bicyclic) bond motifs is 1. The van der Waals surface area contributed by atoms with Gasteiger partial charge in [-0.25, -0.2) is 0 Å². The summed E-state index contributed by atoms with van der Waals surface area (Å²) in [4.78, 5) is 0. The molecule has 0 unspecified atom stereocenters. The molecule has 0 fully saturated rings. The first-order valence-corrected chi connectivity index (χ1v) is 7.27. The molecule has 3 rings (SSSR count). The molecule has 0 aliphatic carbocycles. The van der Waals surface area contributed by atoms with Gasteiger partial charge in [-0.05, 0) is 50.1 Å². The number of ether oxygens (including phenoxy) is 2. The lowest BCUT2D eigenvalue weighted by Crippen LogP contribution is -2.24. The standard InChI is InChI=1S/C18H21NO2/c1-12-9-15(8-7-14(12)11-19)20-16-6-4-5-13-10-18(2,3)21-17(13)16/h4-9H,10-11,19H2,1-3H3. The molecule has 0 aromatic heterocycles. The van der Waals surface area contributed by atoms with Crippen LogP contribution in [0, 0.1) is 6.92 Å². The minimum atomic E-state index is -0.166. The van der Waals surface area contributed by atoms with E-state index in [4.69, 9.17) is 15.2 Å². The zero-order valence-electron chi connectivity index (χ0n) is 12.8. The molecule has 21 heavy (non-hydrogen) atoms. The van der Waals surface area contributed by atoms with E-state index in [1.54, 1.807) is 0 Å². The molecule has 3 heteroatoms. The van der Waals surface area contributed by atoms with Gasteiger partial charge in [0.2, 0.25) is 0 Å². The van der Waals surface area contributed by atoms with E-state index in [0.29, 0.717) is 6.54 Å². The van der Waals surface area contributed by atoms with Gasteiger partial charge in [0.05, 0.1) is 0 Å². The third-order valence-corrected chi connectivity index (χ3v) is 3.82. The Morgan fingerprint density at radius 1 is 1.24 bits per heavy atom. The van der Waals surface area contributed by atoms with Crippen LogP contribution in [0.1, 0.15) is 30.5 Å². The monoisotopic (exact) mass is 283 g/mol. The highest BCUT2D eigenvalue weighted by Crippen LogP contribution is 2.43. The summed E-state index contributed by atoms with van der Waals surface area (Å²) >= 11 is 0. The molecule has 0 saturated carbocycles. The van der Waals surface area contributed by atoms with E-state index in [2.05, 4.69) is 19.9 Å². The fraction of sp³-hybridized carbons (Fsp3) is 0.333. The van der Waals surface area contributed by atoms with Crippen molar-refractivity contribution >= 4 is 0 Å². The lowest BCUT2D eigenvalue weighted by molar-refractivity contribution is 0.135. The summed E-state index contributed by atoms with van der Waals surface area (Å²) in [5.74, 6) is 2.45. The summed E-state index contributed by atoms with van der Waals surface area (Å²) < 4.78 is 12.1. The number of benzene rings is 2. The predicted molar refractivity (Wildman–Crippen MR) is 84.0 cm³/mol. The summed E-state index contributed by atoms with van der Waals surface area (Å²) in [6.07, 6.45) is 0.907. The Morgan fingerprint density at radius 2 is 2.05 bits per heavy atom. The van der Waals surface area contributed by atoms with Gasteiger partial charge in [-0.2, -0.15) is 0 Å². The molecule has 0 atom stereocenters. The van der Waals surface area contributed by atoms with Crippen molar-refractivity contribution in [1.82, 2.24) is 0 Å². The van der Waals surface area contributed by atoms with Crippen LogP contribution < -0.4 is 15.2 Å². The first-order valence-electron chi connectivity index (χ1n) is 7.27. The van der Waals surface area contributed by atoms with Gasteiger partial charge in [-0.1, -0.05) is 18.2 Å². The third-order valence-electron chi connectivity index (χ3n) is 3.82. The summed E-state index contributed by atoms with van der Waals surface area (Å²) in [6.45, 7) is 6.78. The van der Waals surface area contributed by atoms with Crippen LogP contribution in [0.15, 0.2) is 36.4 Å². The van der Waals surface area contributed by atoms with Gasteiger partial charge in [-0.3, -0.25) is 0 Å². The van der Waals surface area contributed by atoms with Crippen LogP contribution in [-0.4, -0.2) is 5.60 Å².